The summed E-state index contributed by atoms with van der Waals surface area (Å²) in [6.45, 7) is 2.51. The number of fused-ring (bicyclic) bond motifs is 1. The molecular weight excluding hydrogens is 527 g/mol. The molecule has 0 saturated heterocycles. The van der Waals surface area contributed by atoms with Crippen LogP contribution in [-0.2, 0) is 16.0 Å². The highest BCUT2D eigenvalue weighted by Gasteiger charge is 2.36. The first-order valence-corrected chi connectivity index (χ1v) is 13.2. The average molecular weight is 555 g/mol. The summed E-state index contributed by atoms with van der Waals surface area (Å²) >= 11 is 12.6. The minimum absolute atomic E-state index is 0.125. The number of carbonyl (C=O) groups excluding carboxylic acids is 1. The number of nitrogens with zero attached hydrogens (tertiary/aromatic N) is 1. The molecule has 2 aliphatic rings. The maximum atomic E-state index is 14.0. The number of halogens is 2. The van der Waals surface area contributed by atoms with Gasteiger partial charge in [-0.05, 0) is 61.1 Å². The number of amides is 1. The number of anilines is 2. The number of ether oxygens (including phenoxy) is 2. The molecule has 0 spiro atoms. The monoisotopic (exact) mass is 554 g/mol. The molecule has 0 aromatic heterocycles. The van der Waals surface area contributed by atoms with Crippen LogP contribution in [0.5, 0.6) is 11.5 Å². The van der Waals surface area contributed by atoms with Crippen LogP contribution < -0.4 is 19.7 Å². The molecule has 1 saturated carbocycles. The number of carboxylic acid groups (broad SMARTS) is 1. The van der Waals surface area contributed by atoms with Gasteiger partial charge in [0.15, 0.2) is 0 Å². The third-order valence-corrected chi connectivity index (χ3v) is 7.80. The zero-order valence-corrected chi connectivity index (χ0v) is 22.6. The highest BCUT2D eigenvalue weighted by atomic mass is 35.5. The van der Waals surface area contributed by atoms with Crippen LogP contribution >= 0.6 is 23.2 Å². The van der Waals surface area contributed by atoms with E-state index < -0.39 is 12.0 Å². The van der Waals surface area contributed by atoms with E-state index in [1.54, 1.807) is 42.3 Å². The van der Waals surface area contributed by atoms with Gasteiger partial charge in [0.1, 0.15) is 23.6 Å². The van der Waals surface area contributed by atoms with Gasteiger partial charge in [-0.25, -0.2) is 0 Å². The zero-order chi connectivity index (χ0) is 27.0. The number of carbonyl (C=O) groups is 2. The molecule has 1 atom stereocenters. The quantitative estimate of drug-likeness (QED) is 0.340. The second-order valence-electron chi connectivity index (χ2n) is 9.74. The van der Waals surface area contributed by atoms with Crippen LogP contribution in [0.25, 0.3) is 0 Å². The van der Waals surface area contributed by atoms with Crippen molar-refractivity contribution in [2.24, 2.45) is 5.92 Å². The van der Waals surface area contributed by atoms with Crippen molar-refractivity contribution in [3.05, 3.63) is 81.3 Å². The Balaban J connectivity index is 1.44. The molecule has 1 unspecified atom stereocenters. The van der Waals surface area contributed by atoms with E-state index >= 15 is 0 Å². The SMILES string of the molecule is COc1cc(NC(C(=O)N2CCc3cc(C)c(Cl)cc32)c2ccc(Cl)cc2)cc(OC2CC(C(=O)O)C2)c1. The van der Waals surface area contributed by atoms with Gasteiger partial charge in [-0.3, -0.25) is 9.59 Å². The Morgan fingerprint density at radius 2 is 1.76 bits per heavy atom. The van der Waals surface area contributed by atoms with Gasteiger partial charge < -0.3 is 24.8 Å². The van der Waals surface area contributed by atoms with E-state index in [2.05, 4.69) is 5.32 Å². The molecule has 1 aliphatic carbocycles. The lowest BCUT2D eigenvalue weighted by molar-refractivity contribution is -0.147. The number of nitrogens with one attached hydrogen (secondary N) is 1. The van der Waals surface area contributed by atoms with Gasteiger partial charge in [0.25, 0.3) is 5.91 Å². The lowest BCUT2D eigenvalue weighted by Gasteiger charge is -2.32. The normalized spacial score (nSPS) is 18.8. The molecule has 1 fully saturated rings. The van der Waals surface area contributed by atoms with E-state index in [4.69, 9.17) is 37.8 Å². The van der Waals surface area contributed by atoms with E-state index in [-0.39, 0.29) is 17.9 Å². The van der Waals surface area contributed by atoms with Crippen molar-refractivity contribution in [3.63, 3.8) is 0 Å². The molecule has 9 heteroatoms. The van der Waals surface area contributed by atoms with Gasteiger partial charge in [0.2, 0.25) is 0 Å². The molecule has 198 valence electrons. The van der Waals surface area contributed by atoms with Crippen molar-refractivity contribution in [1.29, 1.82) is 0 Å². The van der Waals surface area contributed by atoms with Crippen molar-refractivity contribution in [3.8, 4) is 11.5 Å². The number of methoxy groups -OCH3 is 1. The van der Waals surface area contributed by atoms with Crippen LogP contribution in [0, 0.1) is 12.8 Å². The van der Waals surface area contributed by atoms with Gasteiger partial charge in [0.05, 0.1) is 13.0 Å². The smallest absolute Gasteiger partial charge is 0.306 e. The lowest BCUT2D eigenvalue weighted by atomic mass is 9.82. The van der Waals surface area contributed by atoms with Crippen LogP contribution in [0.1, 0.15) is 35.6 Å². The molecule has 1 amide bonds. The number of benzene rings is 3. The first kappa shape index (κ1) is 26.2. The summed E-state index contributed by atoms with van der Waals surface area (Å²) in [6, 6.07) is 15.7. The fourth-order valence-electron chi connectivity index (χ4n) is 4.93. The highest BCUT2D eigenvalue weighted by Crippen LogP contribution is 2.38. The van der Waals surface area contributed by atoms with E-state index in [0.717, 1.165) is 28.8 Å². The summed E-state index contributed by atoms with van der Waals surface area (Å²) in [5.74, 6) is -0.218. The van der Waals surface area contributed by atoms with Crippen LogP contribution in [0.15, 0.2) is 54.6 Å². The minimum Gasteiger partial charge on any atom is -0.497 e. The zero-order valence-electron chi connectivity index (χ0n) is 21.0. The fourth-order valence-corrected chi connectivity index (χ4v) is 5.21. The summed E-state index contributed by atoms with van der Waals surface area (Å²) in [7, 11) is 1.56. The first-order chi connectivity index (χ1) is 18.2. The van der Waals surface area contributed by atoms with Crippen LogP contribution in [0.4, 0.5) is 11.4 Å². The number of rotatable bonds is 8. The minimum atomic E-state index is -0.804. The van der Waals surface area contributed by atoms with Crippen molar-refractivity contribution in [2.45, 2.75) is 38.3 Å². The predicted octanol–water partition coefficient (Wildman–Crippen LogP) is 6.29. The molecule has 5 rings (SSSR count). The summed E-state index contributed by atoms with van der Waals surface area (Å²) in [5.41, 5.74) is 4.27. The Hall–Kier alpha value is -3.42. The van der Waals surface area contributed by atoms with Gasteiger partial charge in [-0.2, -0.15) is 0 Å². The Morgan fingerprint density at radius 1 is 1.05 bits per heavy atom. The Labute approximate surface area is 231 Å². The van der Waals surface area contributed by atoms with E-state index in [1.807, 2.05) is 31.2 Å². The molecule has 3 aromatic rings. The fraction of sp³-hybridized carbons (Fsp3) is 0.310. The standard InChI is InChI=1S/C29H28Cl2N2O5/c1-16-9-18-7-8-33(26(18)15-25(16)31)28(34)27(17-3-5-20(30)6-4-17)32-21-12-22(37-2)14-24(13-21)38-23-10-19(11-23)29(35)36/h3-6,9,12-15,19,23,27,32H,7-8,10-11H2,1-2H3,(H,35,36). The summed E-state index contributed by atoms with van der Waals surface area (Å²) < 4.78 is 11.5. The molecule has 1 heterocycles. The number of carboxylic acids is 1. The molecular formula is C29H28Cl2N2O5. The third kappa shape index (κ3) is 5.40. The Bertz CT molecular complexity index is 1370. The summed E-state index contributed by atoms with van der Waals surface area (Å²) in [5, 5.41) is 13.7. The predicted molar refractivity (Wildman–Crippen MR) is 148 cm³/mol. The van der Waals surface area contributed by atoms with Crippen LogP contribution in [-0.4, -0.2) is 36.7 Å². The number of hydrogen-bond acceptors (Lipinski definition) is 5. The highest BCUT2D eigenvalue weighted by molar-refractivity contribution is 6.32. The van der Waals surface area contributed by atoms with Gasteiger partial charge in [-0.15, -0.1) is 0 Å². The second kappa shape index (κ2) is 10.8. The molecule has 7 nitrogen and oxygen atoms in total. The first-order valence-electron chi connectivity index (χ1n) is 12.4. The largest absolute Gasteiger partial charge is 0.497 e. The topological polar surface area (TPSA) is 88.1 Å². The second-order valence-corrected chi connectivity index (χ2v) is 10.6. The molecule has 38 heavy (non-hydrogen) atoms. The molecule has 0 bridgehead atoms. The van der Waals surface area contributed by atoms with Crippen molar-refractivity contribution < 1.29 is 24.2 Å². The van der Waals surface area contributed by atoms with Crippen molar-refractivity contribution in [1.82, 2.24) is 0 Å². The van der Waals surface area contributed by atoms with Crippen LogP contribution in [0.2, 0.25) is 10.0 Å². The van der Waals surface area contributed by atoms with E-state index in [0.29, 0.717) is 46.6 Å². The number of hydrogen-bond donors (Lipinski definition) is 2. The van der Waals surface area contributed by atoms with E-state index in [9.17, 15) is 9.59 Å². The van der Waals surface area contributed by atoms with Crippen molar-refractivity contribution in [2.75, 3.05) is 23.9 Å². The van der Waals surface area contributed by atoms with Gasteiger partial charge in [-0.1, -0.05) is 41.4 Å². The van der Waals surface area contributed by atoms with E-state index in [1.165, 1.54) is 0 Å². The average Bonchev–Trinajstić information content (AvgIpc) is 3.27. The number of aliphatic carboxylic acids is 1. The molecule has 0 radical (unpaired) electrons. The maximum Gasteiger partial charge on any atom is 0.306 e. The Morgan fingerprint density at radius 3 is 2.45 bits per heavy atom. The maximum absolute atomic E-state index is 14.0. The molecule has 3 aromatic carbocycles. The summed E-state index contributed by atoms with van der Waals surface area (Å²) in [4.78, 5) is 27.0. The number of aryl methyl sites for hydroxylation is 1. The van der Waals surface area contributed by atoms with Gasteiger partial charge >= 0.3 is 5.97 Å². The van der Waals surface area contributed by atoms with Crippen molar-refractivity contribution >= 4 is 46.5 Å². The summed E-state index contributed by atoms with van der Waals surface area (Å²) in [6.07, 6.45) is 1.48. The third-order valence-electron chi connectivity index (χ3n) is 7.15. The van der Waals surface area contributed by atoms with Gasteiger partial charge in [0, 0.05) is 46.2 Å². The lowest BCUT2D eigenvalue weighted by Crippen LogP contribution is -2.38. The molecule has 1 aliphatic heterocycles. The Kier molecular flexibility index (Phi) is 7.41. The molecule has 2 N–H and O–H groups in total. The van der Waals surface area contributed by atoms with Crippen LogP contribution in [0.3, 0.4) is 0 Å².